The van der Waals surface area contributed by atoms with E-state index in [4.69, 9.17) is 5.73 Å². The maximum absolute atomic E-state index is 13.2. The van der Waals surface area contributed by atoms with Gasteiger partial charge in [-0.1, -0.05) is 6.42 Å². The largest absolute Gasteiger partial charge is 0.330 e. The van der Waals surface area contributed by atoms with Gasteiger partial charge in [-0.2, -0.15) is 0 Å². The molecular formula is C14H19FN2O. The van der Waals surface area contributed by atoms with E-state index in [1.54, 1.807) is 13.0 Å². The van der Waals surface area contributed by atoms with E-state index in [-0.39, 0.29) is 17.1 Å². The molecule has 0 aliphatic heterocycles. The van der Waals surface area contributed by atoms with Crippen molar-refractivity contribution in [2.24, 2.45) is 11.1 Å². The molecule has 0 aromatic heterocycles. The molecule has 1 aliphatic rings. The molecule has 2 rings (SSSR count). The molecule has 1 saturated carbocycles. The molecule has 0 bridgehead atoms. The summed E-state index contributed by atoms with van der Waals surface area (Å²) in [6.07, 6.45) is 3.60. The molecule has 0 heterocycles. The van der Waals surface area contributed by atoms with Crippen LogP contribution in [0.15, 0.2) is 18.2 Å². The maximum Gasteiger partial charge on any atom is 0.224 e. The van der Waals surface area contributed by atoms with Crippen molar-refractivity contribution in [2.45, 2.75) is 32.6 Å². The first-order chi connectivity index (χ1) is 8.53. The zero-order chi connectivity index (χ0) is 13.2. The summed E-state index contributed by atoms with van der Waals surface area (Å²) in [5.74, 6) is -0.410. The van der Waals surface area contributed by atoms with Crippen LogP contribution >= 0.6 is 0 Å². The van der Waals surface area contributed by atoms with Crippen LogP contribution in [-0.4, -0.2) is 12.5 Å². The number of hydrogen-bond acceptors (Lipinski definition) is 2. The third-order valence-corrected chi connectivity index (χ3v) is 3.71. The van der Waals surface area contributed by atoms with Crippen LogP contribution in [0.4, 0.5) is 10.1 Å². The fraction of sp³-hybridized carbons (Fsp3) is 0.500. The molecule has 1 aromatic rings. The number of aryl methyl sites for hydroxylation is 1. The first-order valence-corrected chi connectivity index (χ1v) is 6.30. The van der Waals surface area contributed by atoms with Crippen LogP contribution in [0.5, 0.6) is 0 Å². The Balaban J connectivity index is 1.98. The minimum absolute atomic E-state index is 0.0214. The maximum atomic E-state index is 13.2. The Labute approximate surface area is 107 Å². The lowest BCUT2D eigenvalue weighted by Gasteiger charge is -2.40. The van der Waals surface area contributed by atoms with Gasteiger partial charge in [-0.05, 0) is 55.5 Å². The van der Waals surface area contributed by atoms with E-state index in [0.29, 0.717) is 18.7 Å². The molecule has 1 fully saturated rings. The average Bonchev–Trinajstić information content (AvgIpc) is 2.21. The number of nitrogens with two attached hydrogens (primary N) is 1. The lowest BCUT2D eigenvalue weighted by atomic mass is 9.66. The lowest BCUT2D eigenvalue weighted by molar-refractivity contribution is -0.119. The highest BCUT2D eigenvalue weighted by Crippen LogP contribution is 2.43. The second-order valence-corrected chi connectivity index (χ2v) is 5.30. The fourth-order valence-corrected chi connectivity index (χ4v) is 2.48. The Hall–Kier alpha value is -1.42. The Morgan fingerprint density at radius 3 is 2.67 bits per heavy atom. The summed E-state index contributed by atoms with van der Waals surface area (Å²) in [6.45, 7) is 2.34. The van der Waals surface area contributed by atoms with Crippen molar-refractivity contribution in [3.8, 4) is 0 Å². The molecule has 3 N–H and O–H groups in total. The van der Waals surface area contributed by atoms with Gasteiger partial charge >= 0.3 is 0 Å². The highest BCUT2D eigenvalue weighted by Gasteiger charge is 2.37. The van der Waals surface area contributed by atoms with Crippen molar-refractivity contribution in [1.82, 2.24) is 0 Å². The van der Waals surface area contributed by atoms with Crippen LogP contribution in [0.25, 0.3) is 0 Å². The SMILES string of the molecule is Cc1cc(F)cc(NC(=O)CC2(CN)CCC2)c1. The predicted octanol–water partition coefficient (Wildman–Crippen LogP) is 2.59. The van der Waals surface area contributed by atoms with Gasteiger partial charge in [0.2, 0.25) is 5.91 Å². The topological polar surface area (TPSA) is 55.1 Å². The van der Waals surface area contributed by atoms with Gasteiger partial charge in [0, 0.05) is 12.1 Å². The number of benzene rings is 1. The molecule has 0 atom stereocenters. The van der Waals surface area contributed by atoms with E-state index < -0.39 is 0 Å². The molecule has 0 saturated heterocycles. The fourth-order valence-electron chi connectivity index (χ4n) is 2.48. The first kappa shape index (κ1) is 13.0. The zero-order valence-electron chi connectivity index (χ0n) is 10.6. The van der Waals surface area contributed by atoms with Crippen LogP contribution in [0.1, 0.15) is 31.2 Å². The van der Waals surface area contributed by atoms with Crippen molar-refractivity contribution in [1.29, 1.82) is 0 Å². The number of hydrogen-bond donors (Lipinski definition) is 2. The van der Waals surface area contributed by atoms with Crippen LogP contribution in [-0.2, 0) is 4.79 Å². The van der Waals surface area contributed by atoms with Crippen molar-refractivity contribution < 1.29 is 9.18 Å². The molecule has 18 heavy (non-hydrogen) atoms. The standard InChI is InChI=1S/C14H19FN2O/c1-10-5-11(15)7-12(6-10)17-13(18)8-14(9-16)3-2-4-14/h5-7H,2-4,8-9,16H2,1H3,(H,17,18). The Morgan fingerprint density at radius 1 is 1.44 bits per heavy atom. The molecule has 4 heteroatoms. The molecule has 98 valence electrons. The monoisotopic (exact) mass is 250 g/mol. The van der Waals surface area contributed by atoms with E-state index in [1.165, 1.54) is 12.1 Å². The number of carbonyl (C=O) groups is 1. The second-order valence-electron chi connectivity index (χ2n) is 5.30. The van der Waals surface area contributed by atoms with E-state index in [2.05, 4.69) is 5.32 Å². The summed E-state index contributed by atoms with van der Waals surface area (Å²) in [6, 6.07) is 4.53. The van der Waals surface area contributed by atoms with Crippen LogP contribution < -0.4 is 11.1 Å². The van der Waals surface area contributed by atoms with Crippen molar-refractivity contribution in [3.05, 3.63) is 29.6 Å². The van der Waals surface area contributed by atoms with Gasteiger partial charge in [-0.25, -0.2) is 4.39 Å². The first-order valence-electron chi connectivity index (χ1n) is 6.30. The van der Waals surface area contributed by atoms with Crippen LogP contribution in [0, 0.1) is 18.2 Å². The number of anilines is 1. The molecule has 1 amide bonds. The minimum Gasteiger partial charge on any atom is -0.330 e. The molecule has 1 aliphatic carbocycles. The Bertz CT molecular complexity index is 429. The number of halogens is 1. The van der Waals surface area contributed by atoms with E-state index >= 15 is 0 Å². The number of amides is 1. The molecule has 3 nitrogen and oxygen atoms in total. The summed E-state index contributed by atoms with van der Waals surface area (Å²) >= 11 is 0. The molecule has 0 unspecified atom stereocenters. The van der Waals surface area contributed by atoms with Gasteiger partial charge in [-0.3, -0.25) is 4.79 Å². The van der Waals surface area contributed by atoms with E-state index in [9.17, 15) is 9.18 Å². The normalized spacial score (nSPS) is 17.1. The summed E-state index contributed by atoms with van der Waals surface area (Å²) in [5.41, 5.74) is 7.01. The number of rotatable bonds is 4. The summed E-state index contributed by atoms with van der Waals surface area (Å²) < 4.78 is 13.2. The third-order valence-electron chi connectivity index (χ3n) is 3.71. The third kappa shape index (κ3) is 2.88. The summed E-state index contributed by atoms with van der Waals surface area (Å²) in [4.78, 5) is 11.9. The minimum atomic E-state index is -0.331. The number of carbonyl (C=O) groups excluding carboxylic acids is 1. The molecular weight excluding hydrogens is 231 g/mol. The smallest absolute Gasteiger partial charge is 0.224 e. The molecule has 0 radical (unpaired) electrons. The average molecular weight is 250 g/mol. The van der Waals surface area contributed by atoms with Gasteiger partial charge in [0.15, 0.2) is 0 Å². The van der Waals surface area contributed by atoms with Gasteiger partial charge < -0.3 is 11.1 Å². The van der Waals surface area contributed by atoms with E-state index in [0.717, 1.165) is 24.8 Å². The van der Waals surface area contributed by atoms with Gasteiger partial charge in [0.25, 0.3) is 0 Å². The molecule has 0 spiro atoms. The summed E-state index contributed by atoms with van der Waals surface area (Å²) in [7, 11) is 0. The highest BCUT2D eigenvalue weighted by atomic mass is 19.1. The van der Waals surface area contributed by atoms with Crippen molar-refractivity contribution in [2.75, 3.05) is 11.9 Å². The van der Waals surface area contributed by atoms with Gasteiger partial charge in [0.1, 0.15) is 5.82 Å². The Kier molecular flexibility index (Phi) is 3.66. The van der Waals surface area contributed by atoms with Crippen molar-refractivity contribution in [3.63, 3.8) is 0 Å². The predicted molar refractivity (Wildman–Crippen MR) is 69.7 cm³/mol. The Morgan fingerprint density at radius 2 is 2.17 bits per heavy atom. The van der Waals surface area contributed by atoms with Crippen molar-refractivity contribution >= 4 is 11.6 Å². The van der Waals surface area contributed by atoms with Gasteiger partial charge in [0.05, 0.1) is 0 Å². The van der Waals surface area contributed by atoms with Gasteiger partial charge in [-0.15, -0.1) is 0 Å². The molecule has 1 aromatic carbocycles. The quantitative estimate of drug-likeness (QED) is 0.863. The number of nitrogens with one attached hydrogen (secondary N) is 1. The lowest BCUT2D eigenvalue weighted by Crippen LogP contribution is -2.40. The zero-order valence-corrected chi connectivity index (χ0v) is 10.6. The summed E-state index contributed by atoms with van der Waals surface area (Å²) in [5, 5.41) is 2.75. The van der Waals surface area contributed by atoms with Crippen LogP contribution in [0.3, 0.4) is 0 Å². The second kappa shape index (κ2) is 5.06. The van der Waals surface area contributed by atoms with E-state index in [1.807, 2.05) is 0 Å². The van der Waals surface area contributed by atoms with Crippen LogP contribution in [0.2, 0.25) is 0 Å². The highest BCUT2D eigenvalue weighted by molar-refractivity contribution is 5.91.